The van der Waals surface area contributed by atoms with E-state index in [4.69, 9.17) is 34.8 Å². The van der Waals surface area contributed by atoms with E-state index in [9.17, 15) is 13.2 Å². The molecule has 0 heterocycles. The minimum Gasteiger partial charge on any atom is -0.325 e. The van der Waals surface area contributed by atoms with Gasteiger partial charge in [-0.3, -0.25) is 4.79 Å². The van der Waals surface area contributed by atoms with E-state index in [1.807, 2.05) is 31.2 Å². The lowest BCUT2D eigenvalue weighted by molar-refractivity contribution is -0.116. The summed E-state index contributed by atoms with van der Waals surface area (Å²) in [7, 11) is -3.97. The van der Waals surface area contributed by atoms with Crippen LogP contribution in [-0.4, -0.2) is 25.2 Å². The van der Waals surface area contributed by atoms with Gasteiger partial charge in [0.05, 0.1) is 11.4 Å². The maximum Gasteiger partial charge on any atom is 0.243 e. The monoisotopic (exact) mass is 496 g/mol. The summed E-state index contributed by atoms with van der Waals surface area (Å²) in [5, 5.41) is 3.77. The van der Waals surface area contributed by atoms with E-state index in [2.05, 4.69) is 5.32 Å². The Morgan fingerprint density at radius 1 is 0.903 bits per heavy atom. The molecule has 0 aliphatic rings. The van der Waals surface area contributed by atoms with Crippen LogP contribution in [0.2, 0.25) is 15.1 Å². The molecule has 0 fully saturated rings. The van der Waals surface area contributed by atoms with Crippen LogP contribution in [0.1, 0.15) is 11.1 Å². The van der Waals surface area contributed by atoms with Gasteiger partial charge in [-0.15, -0.1) is 0 Å². The molecule has 1 amide bonds. The standard InChI is InChI=1S/C22H19Cl3N2O3S/c1-15-3-2-4-16(9-15)13-27(31(29,30)21-7-5-17(23)6-8-21)14-22(28)26-20-11-18(24)10-19(25)12-20/h2-12H,13-14H2,1H3,(H,26,28). The van der Waals surface area contributed by atoms with Gasteiger partial charge in [-0.25, -0.2) is 8.42 Å². The van der Waals surface area contributed by atoms with Crippen molar-refractivity contribution in [1.82, 2.24) is 4.31 Å². The van der Waals surface area contributed by atoms with E-state index in [-0.39, 0.29) is 11.4 Å². The van der Waals surface area contributed by atoms with Crippen LogP contribution >= 0.6 is 34.8 Å². The highest BCUT2D eigenvalue weighted by molar-refractivity contribution is 7.89. The first-order valence-electron chi connectivity index (χ1n) is 9.21. The Labute approximate surface area is 196 Å². The van der Waals surface area contributed by atoms with Gasteiger partial charge in [0.1, 0.15) is 0 Å². The van der Waals surface area contributed by atoms with Gasteiger partial charge in [0.15, 0.2) is 0 Å². The second kappa shape index (κ2) is 10.0. The number of aryl methyl sites for hydroxylation is 1. The molecular weight excluding hydrogens is 479 g/mol. The van der Waals surface area contributed by atoms with Crippen molar-refractivity contribution in [3.05, 3.63) is 92.9 Å². The van der Waals surface area contributed by atoms with Crippen molar-refractivity contribution in [2.45, 2.75) is 18.4 Å². The molecule has 0 atom stereocenters. The van der Waals surface area contributed by atoms with Crippen LogP contribution < -0.4 is 5.32 Å². The van der Waals surface area contributed by atoms with Crippen LogP contribution in [-0.2, 0) is 21.4 Å². The molecule has 0 spiro atoms. The summed E-state index contributed by atoms with van der Waals surface area (Å²) in [4.78, 5) is 12.8. The highest BCUT2D eigenvalue weighted by atomic mass is 35.5. The molecule has 5 nitrogen and oxygen atoms in total. The summed E-state index contributed by atoms with van der Waals surface area (Å²) in [5.41, 5.74) is 2.12. The average molecular weight is 498 g/mol. The fraction of sp³-hybridized carbons (Fsp3) is 0.136. The second-order valence-corrected chi connectivity index (χ2v) is 10.2. The second-order valence-electron chi connectivity index (χ2n) is 6.92. The highest BCUT2D eigenvalue weighted by Gasteiger charge is 2.27. The third-order valence-corrected chi connectivity index (χ3v) is 6.85. The number of hydrogen-bond donors (Lipinski definition) is 1. The average Bonchev–Trinajstić information content (AvgIpc) is 2.67. The quantitative estimate of drug-likeness (QED) is 0.449. The molecule has 3 aromatic carbocycles. The molecule has 1 N–H and O–H groups in total. The molecule has 162 valence electrons. The predicted molar refractivity (Wildman–Crippen MR) is 125 cm³/mol. The molecule has 0 unspecified atom stereocenters. The predicted octanol–water partition coefficient (Wildman–Crippen LogP) is 5.78. The Balaban J connectivity index is 1.89. The summed E-state index contributed by atoms with van der Waals surface area (Å²) in [5.74, 6) is -0.525. The molecule has 0 saturated carbocycles. The number of halogens is 3. The summed E-state index contributed by atoms with van der Waals surface area (Å²) in [6.07, 6.45) is 0. The van der Waals surface area contributed by atoms with Gasteiger partial charge in [-0.2, -0.15) is 4.31 Å². The maximum atomic E-state index is 13.3. The molecule has 9 heteroatoms. The molecule has 3 aromatic rings. The van der Waals surface area contributed by atoms with Gasteiger partial charge in [0, 0.05) is 27.3 Å². The SMILES string of the molecule is Cc1cccc(CN(CC(=O)Nc2cc(Cl)cc(Cl)c2)S(=O)(=O)c2ccc(Cl)cc2)c1. The lowest BCUT2D eigenvalue weighted by Crippen LogP contribution is -2.37. The molecule has 0 aliphatic carbocycles. The molecular formula is C22H19Cl3N2O3S. The molecule has 0 aromatic heterocycles. The van der Waals surface area contributed by atoms with Crippen LogP contribution in [0.4, 0.5) is 5.69 Å². The van der Waals surface area contributed by atoms with Gasteiger partial charge in [-0.05, 0) is 55.0 Å². The van der Waals surface area contributed by atoms with Crippen LogP contribution in [0.25, 0.3) is 0 Å². The Morgan fingerprint density at radius 3 is 2.16 bits per heavy atom. The van der Waals surface area contributed by atoms with E-state index in [0.717, 1.165) is 15.4 Å². The van der Waals surface area contributed by atoms with Crippen molar-refractivity contribution in [2.75, 3.05) is 11.9 Å². The number of benzene rings is 3. The summed E-state index contributed by atoms with van der Waals surface area (Å²) >= 11 is 17.8. The van der Waals surface area contributed by atoms with Gasteiger partial charge in [0.25, 0.3) is 0 Å². The normalized spacial score (nSPS) is 11.5. The lowest BCUT2D eigenvalue weighted by atomic mass is 10.1. The van der Waals surface area contributed by atoms with Crippen molar-refractivity contribution in [2.24, 2.45) is 0 Å². The van der Waals surface area contributed by atoms with Gasteiger partial charge < -0.3 is 5.32 Å². The van der Waals surface area contributed by atoms with Crippen LogP contribution in [0.3, 0.4) is 0 Å². The number of rotatable bonds is 7. The zero-order valence-electron chi connectivity index (χ0n) is 16.5. The Bertz CT molecular complexity index is 1180. The lowest BCUT2D eigenvalue weighted by Gasteiger charge is -2.22. The molecule has 0 bridgehead atoms. The smallest absolute Gasteiger partial charge is 0.243 e. The number of sulfonamides is 1. The summed E-state index contributed by atoms with van der Waals surface area (Å²) in [6.45, 7) is 1.54. The first-order valence-corrected chi connectivity index (χ1v) is 11.8. The van der Waals surface area contributed by atoms with Crippen molar-refractivity contribution >= 4 is 56.4 Å². The number of carbonyl (C=O) groups excluding carboxylic acids is 1. The fourth-order valence-corrected chi connectivity index (χ4v) is 5.02. The Kier molecular flexibility index (Phi) is 7.62. The van der Waals surface area contributed by atoms with Crippen LogP contribution in [0, 0.1) is 6.92 Å². The third kappa shape index (κ3) is 6.45. The Hall–Kier alpha value is -2.09. The third-order valence-electron chi connectivity index (χ3n) is 4.36. The zero-order valence-corrected chi connectivity index (χ0v) is 19.6. The van der Waals surface area contributed by atoms with Crippen molar-refractivity contribution in [3.63, 3.8) is 0 Å². The van der Waals surface area contributed by atoms with E-state index in [1.165, 1.54) is 42.5 Å². The van der Waals surface area contributed by atoms with Crippen LogP contribution in [0.15, 0.2) is 71.6 Å². The highest BCUT2D eigenvalue weighted by Crippen LogP contribution is 2.24. The Morgan fingerprint density at radius 2 is 1.55 bits per heavy atom. The van der Waals surface area contributed by atoms with Gasteiger partial charge in [0.2, 0.25) is 15.9 Å². The van der Waals surface area contributed by atoms with E-state index >= 15 is 0 Å². The van der Waals surface area contributed by atoms with Crippen molar-refractivity contribution in [3.8, 4) is 0 Å². The number of nitrogens with one attached hydrogen (secondary N) is 1. The number of nitrogens with zero attached hydrogens (tertiary/aromatic N) is 1. The van der Waals surface area contributed by atoms with Crippen molar-refractivity contribution < 1.29 is 13.2 Å². The minimum absolute atomic E-state index is 0.0242. The topological polar surface area (TPSA) is 66.5 Å². The zero-order chi connectivity index (χ0) is 22.6. The number of carbonyl (C=O) groups is 1. The van der Waals surface area contributed by atoms with Gasteiger partial charge >= 0.3 is 0 Å². The van der Waals surface area contributed by atoms with Crippen molar-refractivity contribution in [1.29, 1.82) is 0 Å². The first-order chi connectivity index (χ1) is 14.6. The van der Waals surface area contributed by atoms with E-state index in [1.54, 1.807) is 0 Å². The number of anilines is 1. The summed E-state index contributed by atoms with van der Waals surface area (Å²) < 4.78 is 27.7. The molecule has 31 heavy (non-hydrogen) atoms. The minimum atomic E-state index is -3.97. The first kappa shape index (κ1) is 23.6. The van der Waals surface area contributed by atoms with Gasteiger partial charge in [-0.1, -0.05) is 64.6 Å². The maximum absolute atomic E-state index is 13.3. The number of amides is 1. The number of hydrogen-bond acceptors (Lipinski definition) is 3. The fourth-order valence-electron chi connectivity index (χ4n) is 2.98. The molecule has 0 radical (unpaired) electrons. The van der Waals surface area contributed by atoms with Crippen LogP contribution in [0.5, 0.6) is 0 Å². The van der Waals surface area contributed by atoms with E-state index in [0.29, 0.717) is 20.8 Å². The molecule has 0 aliphatic heterocycles. The van der Waals surface area contributed by atoms with E-state index < -0.39 is 22.5 Å². The summed E-state index contributed by atoms with van der Waals surface area (Å²) in [6, 6.07) is 17.8. The largest absolute Gasteiger partial charge is 0.325 e. The molecule has 0 saturated heterocycles. The molecule has 3 rings (SSSR count).